The smallest absolute Gasteiger partial charge is 0.138 e. The average Bonchev–Trinajstić information content (AvgIpc) is 2.58. The van der Waals surface area contributed by atoms with Crippen molar-refractivity contribution in [1.29, 1.82) is 0 Å². The van der Waals surface area contributed by atoms with Crippen LogP contribution in [0.3, 0.4) is 0 Å². The molecule has 0 aliphatic carbocycles. The van der Waals surface area contributed by atoms with Gasteiger partial charge in [-0.05, 0) is 24.3 Å². The van der Waals surface area contributed by atoms with Crippen molar-refractivity contribution < 1.29 is 0 Å². The molecule has 0 radical (unpaired) electrons. The lowest BCUT2D eigenvalue weighted by Gasteiger charge is -2.11. The number of nitrogens with one attached hydrogen (secondary N) is 1. The number of hydrogen-bond acceptors (Lipinski definition) is 2. The van der Waals surface area contributed by atoms with Crippen molar-refractivity contribution in [3.05, 3.63) is 90.5 Å². The Hall–Kier alpha value is -3.07. The highest BCUT2D eigenvalue weighted by Gasteiger charge is 2.05. The van der Waals surface area contributed by atoms with Crippen LogP contribution < -0.4 is 11.1 Å². The van der Waals surface area contributed by atoms with Crippen LogP contribution >= 0.6 is 0 Å². The molecule has 0 aromatic heterocycles. The van der Waals surface area contributed by atoms with Gasteiger partial charge in [-0.25, -0.2) is 4.99 Å². The predicted molar refractivity (Wildman–Crippen MR) is 93.6 cm³/mol. The summed E-state index contributed by atoms with van der Waals surface area (Å²) in [5.74, 6) is 0.768. The van der Waals surface area contributed by atoms with E-state index >= 15 is 0 Å². The van der Waals surface area contributed by atoms with Gasteiger partial charge in [-0.15, -0.1) is 0 Å². The molecule has 0 aliphatic rings. The maximum absolute atomic E-state index is 6.01. The number of benzene rings is 3. The minimum atomic E-state index is 0.658. The number of anilines is 2. The zero-order valence-corrected chi connectivity index (χ0v) is 12.1. The molecular weight excluding hydrogens is 270 g/mol. The molecule has 0 heterocycles. The molecule has 108 valence electrons. The van der Waals surface area contributed by atoms with E-state index < -0.39 is 0 Å². The molecule has 22 heavy (non-hydrogen) atoms. The second kappa shape index (κ2) is 6.59. The van der Waals surface area contributed by atoms with Crippen LogP contribution in [0, 0.1) is 0 Å². The molecule has 3 nitrogen and oxygen atoms in total. The number of nitrogen functional groups attached to an aromatic ring is 1. The third kappa shape index (κ3) is 3.33. The molecule has 0 aliphatic heterocycles. The molecule has 3 rings (SSSR count). The summed E-state index contributed by atoms with van der Waals surface area (Å²) >= 11 is 0. The van der Waals surface area contributed by atoms with E-state index in [0.29, 0.717) is 5.69 Å². The molecular formula is C19H17N3. The fraction of sp³-hybridized carbons (Fsp3) is 0. The maximum atomic E-state index is 6.01. The van der Waals surface area contributed by atoms with E-state index in [2.05, 4.69) is 5.32 Å². The predicted octanol–water partition coefficient (Wildman–Crippen LogP) is 4.46. The van der Waals surface area contributed by atoms with Crippen molar-refractivity contribution in [2.75, 3.05) is 11.1 Å². The first kappa shape index (κ1) is 13.9. The van der Waals surface area contributed by atoms with Gasteiger partial charge in [0, 0.05) is 11.3 Å². The van der Waals surface area contributed by atoms with Gasteiger partial charge in [-0.2, -0.15) is 0 Å². The lowest BCUT2D eigenvalue weighted by molar-refractivity contribution is 1.46. The Bertz CT molecular complexity index is 765. The minimum absolute atomic E-state index is 0.658. The largest absolute Gasteiger partial charge is 0.397 e. The highest BCUT2D eigenvalue weighted by molar-refractivity contribution is 6.09. The number of nitrogens with two attached hydrogens (primary N) is 1. The van der Waals surface area contributed by atoms with E-state index in [-0.39, 0.29) is 0 Å². The Balaban J connectivity index is 2.02. The van der Waals surface area contributed by atoms with Gasteiger partial charge in [0.05, 0.1) is 11.4 Å². The van der Waals surface area contributed by atoms with Crippen LogP contribution in [0.5, 0.6) is 0 Å². The van der Waals surface area contributed by atoms with Gasteiger partial charge >= 0.3 is 0 Å². The zero-order valence-electron chi connectivity index (χ0n) is 12.1. The van der Waals surface area contributed by atoms with Crippen LogP contribution in [0.4, 0.5) is 17.1 Å². The van der Waals surface area contributed by atoms with Crippen LogP contribution in [0.15, 0.2) is 89.9 Å². The number of aliphatic imine (C=N–C) groups is 1. The maximum Gasteiger partial charge on any atom is 0.138 e. The van der Waals surface area contributed by atoms with E-state index in [1.807, 2.05) is 84.9 Å². The third-order valence-corrected chi connectivity index (χ3v) is 3.25. The summed E-state index contributed by atoms with van der Waals surface area (Å²) in [5.41, 5.74) is 9.41. The molecule has 0 bridgehead atoms. The topological polar surface area (TPSA) is 50.4 Å². The Kier molecular flexibility index (Phi) is 4.16. The van der Waals surface area contributed by atoms with E-state index in [4.69, 9.17) is 10.7 Å². The highest BCUT2D eigenvalue weighted by Crippen LogP contribution is 2.22. The first-order valence-corrected chi connectivity index (χ1v) is 7.13. The zero-order chi connectivity index (χ0) is 15.2. The molecule has 0 spiro atoms. The van der Waals surface area contributed by atoms with Gasteiger partial charge in [-0.1, -0.05) is 60.7 Å². The first-order valence-electron chi connectivity index (χ1n) is 7.13. The SMILES string of the molecule is Nc1ccccc1N=C(Nc1ccccc1)c1ccccc1. The number of amidine groups is 1. The lowest BCUT2D eigenvalue weighted by Crippen LogP contribution is -2.13. The average molecular weight is 287 g/mol. The van der Waals surface area contributed by atoms with Crippen LogP contribution in [0.25, 0.3) is 0 Å². The summed E-state index contributed by atoms with van der Waals surface area (Å²) in [6, 6.07) is 27.6. The molecule has 0 saturated heterocycles. The standard InChI is InChI=1S/C19H17N3/c20-17-13-7-8-14-18(17)22-19(15-9-3-1-4-10-15)21-16-11-5-2-6-12-16/h1-14H,20H2,(H,21,22). The summed E-state index contributed by atoms with van der Waals surface area (Å²) in [6.45, 7) is 0. The Morgan fingerprint density at radius 2 is 1.32 bits per heavy atom. The van der Waals surface area contributed by atoms with Crippen molar-refractivity contribution in [2.24, 2.45) is 4.99 Å². The fourth-order valence-electron chi connectivity index (χ4n) is 2.13. The van der Waals surface area contributed by atoms with Crippen LogP contribution in [-0.2, 0) is 0 Å². The van der Waals surface area contributed by atoms with Crippen molar-refractivity contribution in [3.63, 3.8) is 0 Å². The molecule has 3 N–H and O–H groups in total. The summed E-state index contributed by atoms with van der Waals surface area (Å²) in [5, 5.41) is 3.37. The summed E-state index contributed by atoms with van der Waals surface area (Å²) in [6.07, 6.45) is 0. The number of para-hydroxylation sites is 3. The Morgan fingerprint density at radius 3 is 2.00 bits per heavy atom. The molecule has 3 aromatic carbocycles. The lowest BCUT2D eigenvalue weighted by atomic mass is 10.2. The summed E-state index contributed by atoms with van der Waals surface area (Å²) < 4.78 is 0. The third-order valence-electron chi connectivity index (χ3n) is 3.25. The van der Waals surface area contributed by atoms with Crippen LogP contribution in [0.1, 0.15) is 5.56 Å². The van der Waals surface area contributed by atoms with Gasteiger partial charge in [0.25, 0.3) is 0 Å². The van der Waals surface area contributed by atoms with Gasteiger partial charge in [0.2, 0.25) is 0 Å². The van der Waals surface area contributed by atoms with Crippen LogP contribution in [-0.4, -0.2) is 5.84 Å². The highest BCUT2D eigenvalue weighted by atomic mass is 15.0. The molecule has 0 amide bonds. The van der Waals surface area contributed by atoms with Crippen molar-refractivity contribution in [3.8, 4) is 0 Å². The molecule has 3 aromatic rings. The van der Waals surface area contributed by atoms with Crippen molar-refractivity contribution in [1.82, 2.24) is 0 Å². The van der Waals surface area contributed by atoms with Gasteiger partial charge in [0.1, 0.15) is 5.84 Å². The van der Waals surface area contributed by atoms with Crippen molar-refractivity contribution in [2.45, 2.75) is 0 Å². The van der Waals surface area contributed by atoms with E-state index in [0.717, 1.165) is 22.8 Å². The van der Waals surface area contributed by atoms with Gasteiger partial charge in [0.15, 0.2) is 0 Å². The number of nitrogens with zero attached hydrogens (tertiary/aromatic N) is 1. The number of rotatable bonds is 3. The molecule has 3 heteroatoms. The Morgan fingerprint density at radius 1 is 0.727 bits per heavy atom. The quantitative estimate of drug-likeness (QED) is 0.424. The minimum Gasteiger partial charge on any atom is -0.397 e. The fourth-order valence-corrected chi connectivity index (χ4v) is 2.13. The normalized spacial score (nSPS) is 11.2. The molecule has 0 atom stereocenters. The van der Waals surface area contributed by atoms with E-state index in [1.165, 1.54) is 0 Å². The Labute approximate surface area is 130 Å². The van der Waals surface area contributed by atoms with Crippen molar-refractivity contribution >= 4 is 22.9 Å². The number of hydrogen-bond donors (Lipinski definition) is 2. The summed E-state index contributed by atoms with van der Waals surface area (Å²) in [7, 11) is 0. The van der Waals surface area contributed by atoms with Gasteiger partial charge in [-0.3, -0.25) is 0 Å². The monoisotopic (exact) mass is 287 g/mol. The van der Waals surface area contributed by atoms with E-state index in [1.54, 1.807) is 0 Å². The van der Waals surface area contributed by atoms with E-state index in [9.17, 15) is 0 Å². The van der Waals surface area contributed by atoms with Gasteiger partial charge < -0.3 is 11.1 Å². The van der Waals surface area contributed by atoms with Crippen LogP contribution in [0.2, 0.25) is 0 Å². The second-order valence-electron chi connectivity index (χ2n) is 4.88. The summed E-state index contributed by atoms with van der Waals surface area (Å²) in [4.78, 5) is 4.70. The first-order chi connectivity index (χ1) is 10.8. The molecule has 0 unspecified atom stereocenters. The second-order valence-corrected chi connectivity index (χ2v) is 4.88. The molecule has 0 saturated carbocycles. The molecule has 0 fully saturated rings.